The van der Waals surface area contributed by atoms with Crippen molar-refractivity contribution in [3.8, 4) is 0 Å². The first-order chi connectivity index (χ1) is 14.4. The van der Waals surface area contributed by atoms with Gasteiger partial charge in [0.05, 0.1) is 10.6 Å². The SMILES string of the molecule is O=C(CCCCCN1C(=O)/C(=C/c2ccc(Cl)cc2)SC1=S)Nc1ccccc1Br. The predicted octanol–water partition coefficient (Wildman–Crippen LogP) is 6.50. The van der Waals surface area contributed by atoms with Gasteiger partial charge in [0.25, 0.3) is 5.91 Å². The summed E-state index contributed by atoms with van der Waals surface area (Å²) in [5.41, 5.74) is 1.68. The molecule has 4 nitrogen and oxygen atoms in total. The summed E-state index contributed by atoms with van der Waals surface area (Å²) in [5.74, 6) is -0.0787. The number of hydrogen-bond donors (Lipinski definition) is 1. The molecular weight excluding hydrogens is 504 g/mol. The zero-order valence-corrected chi connectivity index (χ0v) is 20.0. The third-order valence-corrected chi connectivity index (χ3v) is 6.80. The van der Waals surface area contributed by atoms with Crippen molar-refractivity contribution in [1.82, 2.24) is 4.90 Å². The molecule has 8 heteroatoms. The molecule has 2 aromatic rings. The summed E-state index contributed by atoms with van der Waals surface area (Å²) in [6.45, 7) is 0.564. The standard InChI is InChI=1S/C22H20BrClN2O2S2/c23-17-6-3-4-7-18(17)25-20(27)8-2-1-5-13-26-21(28)19(30-22(26)29)14-15-9-11-16(24)12-10-15/h3-4,6-7,9-12,14H,1-2,5,8,13H2,(H,25,27)/b19-14-. The number of nitrogens with zero attached hydrogens (tertiary/aromatic N) is 1. The molecule has 1 saturated heterocycles. The molecule has 0 spiro atoms. The van der Waals surface area contributed by atoms with Gasteiger partial charge in [-0.1, -0.05) is 66.3 Å². The van der Waals surface area contributed by atoms with Crippen LogP contribution in [-0.2, 0) is 9.59 Å². The Morgan fingerprint density at radius 1 is 1.13 bits per heavy atom. The van der Waals surface area contributed by atoms with E-state index in [2.05, 4.69) is 21.2 Å². The van der Waals surface area contributed by atoms with Gasteiger partial charge >= 0.3 is 0 Å². The van der Waals surface area contributed by atoms with Crippen LogP contribution in [0.3, 0.4) is 0 Å². The van der Waals surface area contributed by atoms with Crippen LogP contribution in [0.2, 0.25) is 5.02 Å². The molecule has 0 atom stereocenters. The summed E-state index contributed by atoms with van der Waals surface area (Å²) < 4.78 is 1.44. The predicted molar refractivity (Wildman–Crippen MR) is 133 cm³/mol. The Bertz CT molecular complexity index is 979. The normalized spacial score (nSPS) is 15.1. The van der Waals surface area contributed by atoms with Gasteiger partial charge in [-0.3, -0.25) is 14.5 Å². The van der Waals surface area contributed by atoms with Crippen molar-refractivity contribution in [2.75, 3.05) is 11.9 Å². The Morgan fingerprint density at radius 3 is 2.60 bits per heavy atom. The van der Waals surface area contributed by atoms with Crippen molar-refractivity contribution >= 4 is 79.4 Å². The lowest BCUT2D eigenvalue weighted by atomic mass is 10.1. The number of thiocarbonyl (C=S) groups is 1. The summed E-state index contributed by atoms with van der Waals surface area (Å²) in [4.78, 5) is 27.0. The molecule has 2 aromatic carbocycles. The lowest BCUT2D eigenvalue weighted by molar-refractivity contribution is -0.122. The summed E-state index contributed by atoms with van der Waals surface area (Å²) in [7, 11) is 0. The molecular formula is C22H20BrClN2O2S2. The maximum absolute atomic E-state index is 12.6. The molecule has 1 fully saturated rings. The highest BCUT2D eigenvalue weighted by Crippen LogP contribution is 2.33. The van der Waals surface area contributed by atoms with E-state index in [9.17, 15) is 9.59 Å². The monoisotopic (exact) mass is 522 g/mol. The van der Waals surface area contributed by atoms with Crippen LogP contribution in [0, 0.1) is 0 Å². The molecule has 0 aromatic heterocycles. The van der Waals surface area contributed by atoms with Crippen molar-refractivity contribution in [3.05, 3.63) is 68.5 Å². The van der Waals surface area contributed by atoms with Gasteiger partial charge in [0.15, 0.2) is 0 Å². The number of nitrogens with one attached hydrogen (secondary N) is 1. The number of hydrogen-bond acceptors (Lipinski definition) is 4. The number of carbonyl (C=O) groups excluding carboxylic acids is 2. The largest absolute Gasteiger partial charge is 0.325 e. The summed E-state index contributed by atoms with van der Waals surface area (Å²) >= 11 is 16.0. The zero-order chi connectivity index (χ0) is 21.5. The second-order valence-corrected chi connectivity index (χ2v) is 9.69. The highest BCUT2D eigenvalue weighted by Gasteiger charge is 2.31. The number of carbonyl (C=O) groups is 2. The van der Waals surface area contributed by atoms with Crippen LogP contribution in [0.25, 0.3) is 6.08 Å². The van der Waals surface area contributed by atoms with Gasteiger partial charge in [0.2, 0.25) is 5.91 Å². The molecule has 156 valence electrons. The Labute approximate surface area is 199 Å². The number of amides is 2. The van der Waals surface area contributed by atoms with E-state index in [1.165, 1.54) is 11.8 Å². The second kappa shape index (κ2) is 11.1. The molecule has 0 saturated carbocycles. The van der Waals surface area contributed by atoms with Crippen LogP contribution in [0.4, 0.5) is 5.69 Å². The highest BCUT2D eigenvalue weighted by atomic mass is 79.9. The number of thioether (sulfide) groups is 1. The van der Waals surface area contributed by atoms with Crippen LogP contribution in [-0.4, -0.2) is 27.6 Å². The minimum Gasteiger partial charge on any atom is -0.325 e. The summed E-state index contributed by atoms with van der Waals surface area (Å²) in [5, 5.41) is 3.56. The van der Waals surface area contributed by atoms with Crippen molar-refractivity contribution in [3.63, 3.8) is 0 Å². The van der Waals surface area contributed by atoms with Gasteiger partial charge in [0, 0.05) is 22.5 Å². The summed E-state index contributed by atoms with van der Waals surface area (Å²) in [6, 6.07) is 14.8. The smallest absolute Gasteiger partial charge is 0.266 e. The molecule has 1 N–H and O–H groups in total. The van der Waals surface area contributed by atoms with E-state index in [-0.39, 0.29) is 11.8 Å². The minimum atomic E-state index is -0.0633. The maximum Gasteiger partial charge on any atom is 0.266 e. The van der Waals surface area contributed by atoms with Crippen LogP contribution < -0.4 is 5.32 Å². The Morgan fingerprint density at radius 2 is 1.87 bits per heavy atom. The van der Waals surface area contributed by atoms with Gasteiger partial charge in [-0.25, -0.2) is 0 Å². The molecule has 0 unspecified atom stereocenters. The molecule has 0 bridgehead atoms. The number of unbranched alkanes of at least 4 members (excludes halogenated alkanes) is 2. The zero-order valence-electron chi connectivity index (χ0n) is 16.1. The molecule has 0 aliphatic carbocycles. The van der Waals surface area contributed by atoms with E-state index in [0.717, 1.165) is 35.0 Å². The Balaban J connectivity index is 1.42. The lowest BCUT2D eigenvalue weighted by Gasteiger charge is -2.14. The number of benzene rings is 2. The van der Waals surface area contributed by atoms with Crippen molar-refractivity contribution in [2.45, 2.75) is 25.7 Å². The fourth-order valence-electron chi connectivity index (χ4n) is 2.91. The highest BCUT2D eigenvalue weighted by molar-refractivity contribution is 9.10. The first-order valence-electron chi connectivity index (χ1n) is 9.49. The quantitative estimate of drug-likeness (QED) is 0.244. The van der Waals surface area contributed by atoms with Crippen LogP contribution in [0.15, 0.2) is 57.9 Å². The van der Waals surface area contributed by atoms with Gasteiger partial charge in [-0.15, -0.1) is 0 Å². The molecule has 1 aliphatic rings. The van der Waals surface area contributed by atoms with Crippen LogP contribution >= 0.6 is 51.5 Å². The third-order valence-electron chi connectivity index (χ3n) is 4.47. The molecule has 1 aliphatic heterocycles. The maximum atomic E-state index is 12.6. The van der Waals surface area contributed by atoms with E-state index in [0.29, 0.717) is 27.2 Å². The van der Waals surface area contributed by atoms with E-state index >= 15 is 0 Å². The molecule has 1 heterocycles. The van der Waals surface area contributed by atoms with E-state index in [4.69, 9.17) is 23.8 Å². The average Bonchev–Trinajstić information content (AvgIpc) is 2.98. The van der Waals surface area contributed by atoms with Crippen LogP contribution in [0.5, 0.6) is 0 Å². The van der Waals surface area contributed by atoms with E-state index in [1.807, 2.05) is 42.5 Å². The molecule has 3 rings (SSSR count). The Kier molecular flexibility index (Phi) is 8.50. The first kappa shape index (κ1) is 23.0. The van der Waals surface area contributed by atoms with Crippen molar-refractivity contribution < 1.29 is 9.59 Å². The number of anilines is 1. The van der Waals surface area contributed by atoms with Gasteiger partial charge in [0.1, 0.15) is 4.32 Å². The summed E-state index contributed by atoms with van der Waals surface area (Å²) in [6.07, 6.45) is 4.67. The van der Waals surface area contributed by atoms with Gasteiger partial charge < -0.3 is 5.32 Å². The van der Waals surface area contributed by atoms with E-state index in [1.54, 1.807) is 17.0 Å². The minimum absolute atomic E-state index is 0.0154. The van der Waals surface area contributed by atoms with Gasteiger partial charge in [-0.2, -0.15) is 0 Å². The van der Waals surface area contributed by atoms with E-state index < -0.39 is 0 Å². The topological polar surface area (TPSA) is 49.4 Å². The fourth-order valence-corrected chi connectivity index (χ4v) is 4.73. The number of halogens is 2. The second-order valence-electron chi connectivity index (χ2n) is 6.72. The molecule has 2 amide bonds. The first-order valence-corrected chi connectivity index (χ1v) is 11.9. The fraction of sp³-hybridized carbons (Fsp3) is 0.227. The average molecular weight is 524 g/mol. The van der Waals surface area contributed by atoms with Crippen molar-refractivity contribution in [2.24, 2.45) is 0 Å². The van der Waals surface area contributed by atoms with Crippen LogP contribution in [0.1, 0.15) is 31.2 Å². The molecule has 30 heavy (non-hydrogen) atoms. The Hall–Kier alpha value is -1.67. The lowest BCUT2D eigenvalue weighted by Crippen LogP contribution is -2.29. The molecule has 0 radical (unpaired) electrons. The number of rotatable bonds is 8. The van der Waals surface area contributed by atoms with Crippen molar-refractivity contribution in [1.29, 1.82) is 0 Å². The van der Waals surface area contributed by atoms with Gasteiger partial charge in [-0.05, 0) is 64.7 Å². The third kappa shape index (κ3) is 6.41. The number of para-hydroxylation sites is 1.